The number of hydrogen-bond donors (Lipinski definition) is 1. The van der Waals surface area contributed by atoms with Gasteiger partial charge in [-0.15, -0.1) is 0 Å². The molecule has 7 nitrogen and oxygen atoms in total. The highest BCUT2D eigenvalue weighted by atomic mass is 79.9. The van der Waals surface area contributed by atoms with E-state index in [0.29, 0.717) is 16.8 Å². The fourth-order valence-electron chi connectivity index (χ4n) is 5.12. The summed E-state index contributed by atoms with van der Waals surface area (Å²) in [4.78, 5) is 39.8. The third-order valence-corrected chi connectivity index (χ3v) is 8.05. The lowest BCUT2D eigenvalue weighted by molar-refractivity contribution is 0.0616. The highest BCUT2D eigenvalue weighted by molar-refractivity contribution is 9.10. The Bertz CT molecular complexity index is 1650. The van der Waals surface area contributed by atoms with Gasteiger partial charge in [-0.05, 0) is 85.5 Å². The number of hydrogen-bond acceptors (Lipinski definition) is 4. The van der Waals surface area contributed by atoms with Gasteiger partial charge in [0.15, 0.2) is 0 Å². The number of halogens is 1. The molecule has 1 aliphatic heterocycles. The smallest absolute Gasteiger partial charge is 0.282 e. The molecule has 0 spiro atoms. The van der Waals surface area contributed by atoms with Crippen molar-refractivity contribution in [2.24, 2.45) is 5.10 Å². The molecule has 0 saturated carbocycles. The number of H-pyrrole nitrogens is 1. The molecule has 35 heavy (non-hydrogen) atoms. The average molecular weight is 529 g/mol. The van der Waals surface area contributed by atoms with Gasteiger partial charge in [0.05, 0.1) is 28.6 Å². The van der Waals surface area contributed by atoms with Crippen LogP contribution in [0.15, 0.2) is 50.8 Å². The van der Waals surface area contributed by atoms with Gasteiger partial charge in [0, 0.05) is 15.6 Å². The highest BCUT2D eigenvalue weighted by Crippen LogP contribution is 2.38. The van der Waals surface area contributed by atoms with Gasteiger partial charge >= 0.3 is 0 Å². The summed E-state index contributed by atoms with van der Waals surface area (Å²) in [5.74, 6) is -0.968. The van der Waals surface area contributed by atoms with Crippen LogP contribution in [0.3, 0.4) is 0 Å². The number of aromatic amines is 1. The Morgan fingerprint density at radius 1 is 0.857 bits per heavy atom. The molecular weight excluding hydrogens is 508 g/mol. The minimum atomic E-state index is -0.484. The lowest BCUT2D eigenvalue weighted by atomic mass is 9.92. The van der Waals surface area contributed by atoms with Crippen LogP contribution in [0, 0.1) is 20.8 Å². The van der Waals surface area contributed by atoms with E-state index in [2.05, 4.69) is 26.1 Å². The SMILES string of the molecule is Cc1[nH]n(-c2ccc(Br)c(C)c2C)c(=O)c1C=NN1C(=O)c2ccc3c4c(ccc(c24)C1=O)CC3. The Kier molecular flexibility index (Phi) is 4.73. The Morgan fingerprint density at radius 2 is 1.49 bits per heavy atom. The lowest BCUT2D eigenvalue weighted by Gasteiger charge is -2.23. The Balaban J connectivity index is 1.41. The zero-order chi connectivity index (χ0) is 24.6. The summed E-state index contributed by atoms with van der Waals surface area (Å²) >= 11 is 3.52. The van der Waals surface area contributed by atoms with E-state index in [0.717, 1.165) is 49.9 Å². The van der Waals surface area contributed by atoms with E-state index in [9.17, 15) is 14.4 Å². The van der Waals surface area contributed by atoms with Crippen LogP contribution in [0.4, 0.5) is 0 Å². The molecule has 2 amide bonds. The third-order valence-electron chi connectivity index (χ3n) is 7.20. The normalized spacial score (nSPS) is 14.7. The van der Waals surface area contributed by atoms with Crippen LogP contribution in [0.5, 0.6) is 0 Å². The molecule has 0 atom stereocenters. The zero-order valence-corrected chi connectivity index (χ0v) is 21.0. The van der Waals surface area contributed by atoms with Crippen LogP contribution in [0.2, 0.25) is 0 Å². The lowest BCUT2D eigenvalue weighted by Crippen LogP contribution is -2.36. The first-order valence-corrected chi connectivity index (χ1v) is 12.1. The largest absolute Gasteiger partial charge is 0.295 e. The van der Waals surface area contributed by atoms with Crippen molar-refractivity contribution in [3.63, 3.8) is 0 Å². The second kappa shape index (κ2) is 7.61. The third kappa shape index (κ3) is 3.02. The molecule has 1 N–H and O–H groups in total. The van der Waals surface area contributed by atoms with Gasteiger partial charge < -0.3 is 0 Å². The minimum absolute atomic E-state index is 0.283. The summed E-state index contributed by atoms with van der Waals surface area (Å²) < 4.78 is 2.42. The molecule has 2 aliphatic rings. The van der Waals surface area contributed by atoms with Crippen molar-refractivity contribution in [3.05, 3.63) is 95.9 Å². The first-order valence-electron chi connectivity index (χ1n) is 11.4. The molecule has 3 aromatic carbocycles. The molecule has 4 aromatic rings. The molecule has 0 bridgehead atoms. The molecule has 0 unspecified atom stereocenters. The minimum Gasteiger partial charge on any atom is -0.295 e. The van der Waals surface area contributed by atoms with Crippen LogP contribution in [0.25, 0.3) is 16.5 Å². The van der Waals surface area contributed by atoms with Crippen LogP contribution in [0.1, 0.15) is 54.2 Å². The average Bonchev–Trinajstić information content (AvgIpc) is 3.39. The number of benzene rings is 3. The van der Waals surface area contributed by atoms with E-state index in [1.54, 1.807) is 19.1 Å². The number of aromatic nitrogens is 2. The number of nitrogens with zero attached hydrogens (tertiary/aromatic N) is 3. The van der Waals surface area contributed by atoms with E-state index in [1.807, 2.05) is 38.1 Å². The van der Waals surface area contributed by atoms with E-state index < -0.39 is 11.8 Å². The summed E-state index contributed by atoms with van der Waals surface area (Å²) in [6.07, 6.45) is 3.12. The number of nitrogens with one attached hydrogen (secondary N) is 1. The summed E-state index contributed by atoms with van der Waals surface area (Å²) in [6.45, 7) is 5.68. The predicted octanol–water partition coefficient (Wildman–Crippen LogP) is 4.74. The Labute approximate surface area is 209 Å². The topological polar surface area (TPSA) is 87.5 Å². The van der Waals surface area contributed by atoms with E-state index in [4.69, 9.17) is 0 Å². The number of carbonyl (C=O) groups excluding carboxylic acids is 2. The molecule has 1 aromatic heterocycles. The summed E-state index contributed by atoms with van der Waals surface area (Å²) in [5, 5.41) is 9.91. The number of hydrazone groups is 1. The highest BCUT2D eigenvalue weighted by Gasteiger charge is 2.35. The second-order valence-electron chi connectivity index (χ2n) is 9.07. The maximum atomic E-state index is 13.3. The molecule has 0 radical (unpaired) electrons. The molecule has 6 rings (SSSR count). The van der Waals surface area contributed by atoms with E-state index in [-0.39, 0.29) is 11.1 Å². The van der Waals surface area contributed by atoms with Gasteiger partial charge in [-0.1, -0.05) is 28.1 Å². The number of rotatable bonds is 3. The fraction of sp³-hybridized carbons (Fsp3) is 0.185. The molecule has 8 heteroatoms. The van der Waals surface area contributed by atoms with Gasteiger partial charge in [-0.2, -0.15) is 10.1 Å². The summed E-state index contributed by atoms with van der Waals surface area (Å²) in [6, 6.07) is 11.2. The predicted molar refractivity (Wildman–Crippen MR) is 138 cm³/mol. The molecular formula is C27H21BrN4O3. The molecule has 174 valence electrons. The Hall–Kier alpha value is -3.78. The number of amides is 2. The second-order valence-corrected chi connectivity index (χ2v) is 9.92. The van der Waals surface area contributed by atoms with Gasteiger partial charge in [0.25, 0.3) is 17.4 Å². The summed E-state index contributed by atoms with van der Waals surface area (Å²) in [7, 11) is 0. The first-order chi connectivity index (χ1) is 16.8. The molecule has 2 heterocycles. The van der Waals surface area contributed by atoms with Crippen LogP contribution in [-0.2, 0) is 12.8 Å². The number of carbonyl (C=O) groups is 2. The van der Waals surface area contributed by atoms with Crippen LogP contribution >= 0.6 is 15.9 Å². The van der Waals surface area contributed by atoms with Gasteiger partial charge in [-0.25, -0.2) is 4.68 Å². The monoisotopic (exact) mass is 528 g/mol. The van der Waals surface area contributed by atoms with Crippen molar-refractivity contribution >= 4 is 44.7 Å². The van der Waals surface area contributed by atoms with Crippen molar-refractivity contribution in [1.82, 2.24) is 14.8 Å². The van der Waals surface area contributed by atoms with Crippen molar-refractivity contribution in [3.8, 4) is 5.69 Å². The van der Waals surface area contributed by atoms with Gasteiger partial charge in [-0.3, -0.25) is 19.5 Å². The molecule has 0 fully saturated rings. The van der Waals surface area contributed by atoms with Crippen molar-refractivity contribution in [2.45, 2.75) is 33.6 Å². The summed E-state index contributed by atoms with van der Waals surface area (Å²) in [5.41, 5.74) is 6.52. The molecule has 1 aliphatic carbocycles. The van der Waals surface area contributed by atoms with E-state index >= 15 is 0 Å². The van der Waals surface area contributed by atoms with Crippen molar-refractivity contribution in [2.75, 3.05) is 0 Å². The van der Waals surface area contributed by atoms with E-state index in [1.165, 1.54) is 22.0 Å². The quantitative estimate of drug-likeness (QED) is 0.308. The zero-order valence-electron chi connectivity index (χ0n) is 19.4. The van der Waals surface area contributed by atoms with Crippen molar-refractivity contribution < 1.29 is 9.59 Å². The van der Waals surface area contributed by atoms with Crippen LogP contribution in [-0.4, -0.2) is 32.8 Å². The number of aryl methyl sites for hydroxylation is 3. The maximum absolute atomic E-state index is 13.3. The number of imide groups is 1. The van der Waals surface area contributed by atoms with Crippen molar-refractivity contribution in [1.29, 1.82) is 0 Å². The van der Waals surface area contributed by atoms with Crippen LogP contribution < -0.4 is 5.56 Å². The molecule has 0 saturated heterocycles. The maximum Gasteiger partial charge on any atom is 0.282 e. The fourth-order valence-corrected chi connectivity index (χ4v) is 5.55. The van der Waals surface area contributed by atoms with Gasteiger partial charge in [0.2, 0.25) is 0 Å². The Morgan fingerprint density at radius 3 is 2.11 bits per heavy atom. The van der Waals surface area contributed by atoms with Gasteiger partial charge in [0.1, 0.15) is 0 Å². The first kappa shape index (κ1) is 21.7. The standard InChI is InChI=1S/C27H21BrN4O3/c1-13-14(2)22(11-10-21(13)28)31-27(35)20(15(3)30-31)12-29-32-25(33)18-8-6-16-4-5-17-7-9-19(26(32)34)24(18)23(16)17/h6-12,30H,4-5H2,1-3H3.